The largest absolute Gasteiger partial charge is 0.464 e. The normalized spacial score (nSPS) is 12.7. The Balaban J connectivity index is 1.75. The fraction of sp³-hybridized carbons (Fsp3) is 0.286. The predicted molar refractivity (Wildman–Crippen MR) is 114 cm³/mol. The van der Waals surface area contributed by atoms with Gasteiger partial charge >= 0.3 is 5.97 Å². The van der Waals surface area contributed by atoms with Gasteiger partial charge in [-0.25, -0.2) is 4.79 Å². The molecule has 1 heterocycles. The van der Waals surface area contributed by atoms with Crippen molar-refractivity contribution in [3.63, 3.8) is 0 Å². The van der Waals surface area contributed by atoms with Gasteiger partial charge in [-0.2, -0.15) is 5.21 Å². The van der Waals surface area contributed by atoms with Crippen molar-refractivity contribution < 1.29 is 19.1 Å². The number of amides is 1. The Morgan fingerprint density at radius 2 is 1.94 bits per heavy atom. The Kier molecular flexibility index (Phi) is 7.69. The van der Waals surface area contributed by atoms with Gasteiger partial charge < -0.3 is 9.47 Å². The first kappa shape index (κ1) is 22.4. The lowest BCUT2D eigenvalue weighted by Crippen LogP contribution is -2.38. The molecule has 0 radical (unpaired) electrons. The van der Waals surface area contributed by atoms with Crippen molar-refractivity contribution >= 4 is 29.4 Å². The molecular weight excluding hydrogens is 422 g/mol. The molecule has 1 amide bonds. The number of H-pyrrole nitrogens is 1. The van der Waals surface area contributed by atoms with E-state index in [1.54, 1.807) is 6.92 Å². The lowest BCUT2D eigenvalue weighted by molar-refractivity contribution is -0.160. The average Bonchev–Trinajstić information content (AvgIpc) is 3.27. The molecule has 0 aliphatic heterocycles. The Labute approximate surface area is 184 Å². The van der Waals surface area contributed by atoms with Crippen LogP contribution in [-0.4, -0.2) is 51.3 Å². The van der Waals surface area contributed by atoms with E-state index in [4.69, 9.17) is 21.1 Å². The first-order valence-corrected chi connectivity index (χ1v) is 10.1. The number of esters is 1. The van der Waals surface area contributed by atoms with E-state index in [0.29, 0.717) is 5.02 Å². The van der Waals surface area contributed by atoms with Gasteiger partial charge in [-0.3, -0.25) is 10.1 Å². The fourth-order valence-corrected chi connectivity index (χ4v) is 3.08. The highest BCUT2D eigenvalue weighted by atomic mass is 35.5. The highest BCUT2D eigenvalue weighted by Gasteiger charge is 2.27. The molecule has 3 rings (SSSR count). The van der Waals surface area contributed by atoms with Crippen molar-refractivity contribution in [2.24, 2.45) is 0 Å². The standard InChI is InChI=1S/C21H22ClN5O4/c1-3-30-20(29)13(2)31-18(19(28)23-21-24-26-27-25-21)11-14-7-9-15(10-8-14)16-5-4-6-17(22)12-16/h4-10,12-13,18H,3,11H2,1-2H3,(H2,23,24,25,26,27,28)/t13-,18-/m0/s1. The van der Waals surface area contributed by atoms with Crippen LogP contribution >= 0.6 is 11.6 Å². The summed E-state index contributed by atoms with van der Waals surface area (Å²) in [6.07, 6.45) is -1.68. The van der Waals surface area contributed by atoms with Crippen molar-refractivity contribution in [3.8, 4) is 11.1 Å². The molecule has 31 heavy (non-hydrogen) atoms. The number of carbonyl (C=O) groups excluding carboxylic acids is 2. The summed E-state index contributed by atoms with van der Waals surface area (Å²) in [7, 11) is 0. The predicted octanol–water partition coefficient (Wildman–Crippen LogP) is 3.04. The third-order valence-corrected chi connectivity index (χ3v) is 4.63. The number of ether oxygens (including phenoxy) is 2. The number of halogens is 1. The fourth-order valence-electron chi connectivity index (χ4n) is 2.89. The molecule has 2 aromatic carbocycles. The van der Waals surface area contributed by atoms with Crippen LogP contribution in [0, 0.1) is 0 Å². The Hall–Kier alpha value is -3.30. The SMILES string of the molecule is CCOC(=O)[C@H](C)O[C@@H](Cc1ccc(-c2cccc(Cl)c2)cc1)C(=O)Nc1nn[nH]n1. The lowest BCUT2D eigenvalue weighted by atomic mass is 10.0. The number of hydrogen-bond donors (Lipinski definition) is 2. The van der Waals surface area contributed by atoms with E-state index in [-0.39, 0.29) is 19.0 Å². The second kappa shape index (κ2) is 10.6. The van der Waals surface area contributed by atoms with E-state index >= 15 is 0 Å². The van der Waals surface area contributed by atoms with Gasteiger partial charge in [0.1, 0.15) is 6.10 Å². The summed E-state index contributed by atoms with van der Waals surface area (Å²) < 4.78 is 10.7. The summed E-state index contributed by atoms with van der Waals surface area (Å²) >= 11 is 6.07. The van der Waals surface area contributed by atoms with Crippen molar-refractivity contribution in [2.45, 2.75) is 32.5 Å². The minimum absolute atomic E-state index is 0.0127. The van der Waals surface area contributed by atoms with Crippen molar-refractivity contribution in [3.05, 3.63) is 59.1 Å². The van der Waals surface area contributed by atoms with Crippen LogP contribution in [0.1, 0.15) is 19.4 Å². The van der Waals surface area contributed by atoms with Crippen LogP contribution in [0.4, 0.5) is 5.95 Å². The van der Waals surface area contributed by atoms with E-state index < -0.39 is 24.1 Å². The summed E-state index contributed by atoms with van der Waals surface area (Å²) in [5, 5.41) is 16.2. The highest BCUT2D eigenvalue weighted by molar-refractivity contribution is 6.30. The van der Waals surface area contributed by atoms with Gasteiger partial charge in [0.2, 0.25) is 0 Å². The molecule has 0 aliphatic rings. The quantitative estimate of drug-likeness (QED) is 0.488. The van der Waals surface area contributed by atoms with Crippen LogP contribution < -0.4 is 5.32 Å². The summed E-state index contributed by atoms with van der Waals surface area (Å²) in [5.41, 5.74) is 2.81. The molecule has 0 fully saturated rings. The third-order valence-electron chi connectivity index (χ3n) is 4.39. The van der Waals surface area contributed by atoms with Gasteiger partial charge in [-0.05, 0) is 47.9 Å². The lowest BCUT2D eigenvalue weighted by Gasteiger charge is -2.20. The highest BCUT2D eigenvalue weighted by Crippen LogP contribution is 2.23. The molecule has 0 aliphatic carbocycles. The van der Waals surface area contributed by atoms with E-state index in [0.717, 1.165) is 16.7 Å². The number of nitrogens with one attached hydrogen (secondary N) is 2. The molecule has 2 atom stereocenters. The van der Waals surface area contributed by atoms with Crippen molar-refractivity contribution in [1.29, 1.82) is 0 Å². The zero-order valence-electron chi connectivity index (χ0n) is 17.0. The molecule has 10 heteroatoms. The van der Waals surface area contributed by atoms with E-state index in [1.165, 1.54) is 6.92 Å². The minimum atomic E-state index is -0.977. The molecule has 1 aromatic heterocycles. The number of nitrogens with zero attached hydrogens (tertiary/aromatic N) is 3. The molecule has 0 saturated carbocycles. The van der Waals surface area contributed by atoms with Crippen molar-refractivity contribution in [2.75, 3.05) is 11.9 Å². The Morgan fingerprint density at radius 1 is 1.16 bits per heavy atom. The molecule has 162 valence electrons. The summed E-state index contributed by atoms with van der Waals surface area (Å²) in [6.45, 7) is 3.46. The van der Waals surface area contributed by atoms with Crippen LogP contribution in [0.5, 0.6) is 0 Å². The monoisotopic (exact) mass is 443 g/mol. The Morgan fingerprint density at radius 3 is 2.58 bits per heavy atom. The van der Waals surface area contributed by atoms with Gasteiger partial charge in [0.15, 0.2) is 6.10 Å². The summed E-state index contributed by atoms with van der Waals surface area (Å²) in [5.74, 6) is -1.04. The average molecular weight is 444 g/mol. The summed E-state index contributed by atoms with van der Waals surface area (Å²) in [4.78, 5) is 24.7. The molecule has 0 saturated heterocycles. The first-order chi connectivity index (χ1) is 15.0. The zero-order valence-corrected chi connectivity index (χ0v) is 17.8. The number of benzene rings is 2. The minimum Gasteiger partial charge on any atom is -0.464 e. The number of carbonyl (C=O) groups is 2. The van der Waals surface area contributed by atoms with E-state index in [1.807, 2.05) is 48.5 Å². The number of aromatic amines is 1. The second-order valence-electron chi connectivity index (χ2n) is 6.66. The maximum absolute atomic E-state index is 12.7. The molecule has 0 spiro atoms. The van der Waals surface area contributed by atoms with E-state index in [9.17, 15) is 9.59 Å². The number of tetrazole rings is 1. The summed E-state index contributed by atoms with van der Waals surface area (Å²) in [6, 6.07) is 15.2. The van der Waals surface area contributed by atoms with Crippen LogP contribution in [0.15, 0.2) is 48.5 Å². The molecule has 0 bridgehead atoms. The molecule has 0 unspecified atom stereocenters. The molecular formula is C21H22ClN5O4. The maximum atomic E-state index is 12.7. The third kappa shape index (κ3) is 6.34. The molecule has 3 aromatic rings. The number of rotatable bonds is 9. The smallest absolute Gasteiger partial charge is 0.334 e. The molecule has 9 nitrogen and oxygen atoms in total. The number of aromatic nitrogens is 4. The van der Waals surface area contributed by atoms with Crippen molar-refractivity contribution in [1.82, 2.24) is 20.6 Å². The van der Waals surface area contributed by atoms with Crippen LogP contribution in [0.3, 0.4) is 0 Å². The number of hydrogen-bond acceptors (Lipinski definition) is 7. The first-order valence-electron chi connectivity index (χ1n) is 9.67. The van der Waals surface area contributed by atoms with Gasteiger partial charge in [0.25, 0.3) is 11.9 Å². The van der Waals surface area contributed by atoms with Gasteiger partial charge in [-0.1, -0.05) is 53.1 Å². The maximum Gasteiger partial charge on any atom is 0.334 e. The zero-order chi connectivity index (χ0) is 22.2. The van der Waals surface area contributed by atoms with E-state index in [2.05, 4.69) is 25.9 Å². The Bertz CT molecular complexity index is 1010. The van der Waals surface area contributed by atoms with Crippen LogP contribution in [0.2, 0.25) is 5.02 Å². The van der Waals surface area contributed by atoms with Gasteiger partial charge in [0.05, 0.1) is 6.61 Å². The van der Waals surface area contributed by atoms with Crippen LogP contribution in [0.25, 0.3) is 11.1 Å². The van der Waals surface area contributed by atoms with Gasteiger partial charge in [0, 0.05) is 11.4 Å². The molecule has 2 N–H and O–H groups in total. The number of anilines is 1. The second-order valence-corrected chi connectivity index (χ2v) is 7.09. The van der Waals surface area contributed by atoms with Crippen LogP contribution in [-0.2, 0) is 25.5 Å². The van der Waals surface area contributed by atoms with Gasteiger partial charge in [-0.15, -0.1) is 5.10 Å². The topological polar surface area (TPSA) is 119 Å².